The van der Waals surface area contributed by atoms with E-state index in [0.717, 1.165) is 37.4 Å². The van der Waals surface area contributed by atoms with Crippen molar-refractivity contribution >= 4 is 23.8 Å². The standard InChI is InChI=1S/C14H26N2O3S/c1-11(2)8-12(9-13(17)18)10-15-14(19)16-4-3-6-20-7-5-16/h11-12H,3-10H2,1-2H3,(H,15,19)(H,17,18)/t12-/m0/s1. The number of amides is 2. The maximum atomic E-state index is 12.1. The number of hydrogen-bond donors (Lipinski definition) is 2. The molecule has 6 heteroatoms. The third kappa shape index (κ3) is 7.03. The summed E-state index contributed by atoms with van der Waals surface area (Å²) in [4.78, 5) is 24.8. The first-order chi connectivity index (χ1) is 9.49. The molecule has 0 aliphatic carbocycles. The van der Waals surface area contributed by atoms with Crippen molar-refractivity contribution in [3.8, 4) is 0 Å². The molecule has 0 saturated carbocycles. The largest absolute Gasteiger partial charge is 0.481 e. The topological polar surface area (TPSA) is 69.6 Å². The molecule has 0 spiro atoms. The van der Waals surface area contributed by atoms with E-state index in [0.29, 0.717) is 12.5 Å². The van der Waals surface area contributed by atoms with E-state index < -0.39 is 5.97 Å². The van der Waals surface area contributed by atoms with Gasteiger partial charge in [-0.25, -0.2) is 4.79 Å². The van der Waals surface area contributed by atoms with Gasteiger partial charge in [0.15, 0.2) is 0 Å². The minimum Gasteiger partial charge on any atom is -0.481 e. The van der Waals surface area contributed by atoms with Gasteiger partial charge < -0.3 is 15.3 Å². The SMILES string of the molecule is CC(C)C[C@H](CNC(=O)N1CCCSCC1)CC(=O)O. The predicted molar refractivity (Wildman–Crippen MR) is 82.1 cm³/mol. The summed E-state index contributed by atoms with van der Waals surface area (Å²) in [5.74, 6) is 1.75. The molecule has 116 valence electrons. The Morgan fingerprint density at radius 1 is 1.30 bits per heavy atom. The van der Waals surface area contributed by atoms with Crippen molar-refractivity contribution in [1.29, 1.82) is 0 Å². The van der Waals surface area contributed by atoms with Crippen LogP contribution in [0.1, 0.15) is 33.1 Å². The first-order valence-electron chi connectivity index (χ1n) is 7.31. The Bertz CT molecular complexity index is 316. The molecule has 5 nitrogen and oxygen atoms in total. The van der Waals surface area contributed by atoms with Crippen LogP contribution in [0.4, 0.5) is 4.79 Å². The third-order valence-corrected chi connectivity index (χ3v) is 4.37. The van der Waals surface area contributed by atoms with Crippen LogP contribution in [0.15, 0.2) is 0 Å². The summed E-state index contributed by atoms with van der Waals surface area (Å²) in [5.41, 5.74) is 0. The van der Waals surface area contributed by atoms with Gasteiger partial charge in [-0.3, -0.25) is 4.79 Å². The van der Waals surface area contributed by atoms with E-state index in [1.807, 2.05) is 16.7 Å². The number of aliphatic carboxylic acids is 1. The van der Waals surface area contributed by atoms with Crippen molar-refractivity contribution < 1.29 is 14.7 Å². The lowest BCUT2D eigenvalue weighted by Gasteiger charge is -2.23. The van der Waals surface area contributed by atoms with Gasteiger partial charge in [0.1, 0.15) is 0 Å². The number of nitrogens with one attached hydrogen (secondary N) is 1. The number of carbonyl (C=O) groups excluding carboxylic acids is 1. The highest BCUT2D eigenvalue weighted by Gasteiger charge is 2.19. The normalized spacial score (nSPS) is 17.6. The lowest BCUT2D eigenvalue weighted by molar-refractivity contribution is -0.138. The van der Waals surface area contributed by atoms with Gasteiger partial charge in [0.25, 0.3) is 0 Å². The summed E-state index contributed by atoms with van der Waals surface area (Å²) in [5, 5.41) is 11.8. The van der Waals surface area contributed by atoms with Crippen molar-refractivity contribution in [2.24, 2.45) is 11.8 Å². The Labute approximate surface area is 125 Å². The molecule has 1 fully saturated rings. The van der Waals surface area contributed by atoms with E-state index in [2.05, 4.69) is 19.2 Å². The fourth-order valence-corrected chi connectivity index (χ4v) is 3.33. The van der Waals surface area contributed by atoms with Crippen molar-refractivity contribution in [1.82, 2.24) is 10.2 Å². The second-order valence-corrected chi connectivity index (χ2v) is 6.96. The van der Waals surface area contributed by atoms with Gasteiger partial charge in [-0.1, -0.05) is 13.8 Å². The summed E-state index contributed by atoms with van der Waals surface area (Å²) in [6.07, 6.45) is 1.97. The molecule has 1 aliphatic heterocycles. The van der Waals surface area contributed by atoms with E-state index in [1.165, 1.54) is 0 Å². The van der Waals surface area contributed by atoms with Crippen molar-refractivity contribution in [2.45, 2.75) is 33.1 Å². The van der Waals surface area contributed by atoms with Crippen LogP contribution in [0.5, 0.6) is 0 Å². The number of nitrogens with zero attached hydrogens (tertiary/aromatic N) is 1. The van der Waals surface area contributed by atoms with E-state index in [1.54, 1.807) is 0 Å². The van der Waals surface area contributed by atoms with E-state index in [4.69, 9.17) is 5.11 Å². The molecule has 0 aromatic rings. The molecule has 1 heterocycles. The molecule has 1 rings (SSSR count). The molecular formula is C14H26N2O3S. The summed E-state index contributed by atoms with van der Waals surface area (Å²) >= 11 is 1.88. The summed E-state index contributed by atoms with van der Waals surface area (Å²) in [6.45, 7) is 6.18. The second kappa shape index (κ2) is 9.10. The Balaban J connectivity index is 2.39. The van der Waals surface area contributed by atoms with Crippen LogP contribution in [0, 0.1) is 11.8 Å². The Morgan fingerprint density at radius 3 is 2.70 bits per heavy atom. The molecule has 20 heavy (non-hydrogen) atoms. The first kappa shape index (κ1) is 17.1. The van der Waals surface area contributed by atoms with E-state index in [9.17, 15) is 9.59 Å². The fraction of sp³-hybridized carbons (Fsp3) is 0.857. The number of thioether (sulfide) groups is 1. The maximum absolute atomic E-state index is 12.1. The molecule has 0 bridgehead atoms. The third-order valence-electron chi connectivity index (χ3n) is 3.32. The zero-order chi connectivity index (χ0) is 15.0. The Hall–Kier alpha value is -0.910. The molecule has 1 saturated heterocycles. The highest BCUT2D eigenvalue weighted by atomic mass is 32.2. The van der Waals surface area contributed by atoms with Crippen LogP contribution in [-0.4, -0.2) is 53.1 Å². The average Bonchev–Trinajstić information content (AvgIpc) is 2.63. The second-order valence-electron chi connectivity index (χ2n) is 5.73. The minimum absolute atomic E-state index is 0.0119. The maximum Gasteiger partial charge on any atom is 0.317 e. The van der Waals surface area contributed by atoms with Crippen LogP contribution >= 0.6 is 11.8 Å². The smallest absolute Gasteiger partial charge is 0.317 e. The zero-order valence-corrected chi connectivity index (χ0v) is 13.2. The van der Waals surface area contributed by atoms with Gasteiger partial charge >= 0.3 is 12.0 Å². The van der Waals surface area contributed by atoms with E-state index >= 15 is 0 Å². The quantitative estimate of drug-likeness (QED) is 0.789. The molecule has 2 amide bonds. The number of urea groups is 1. The summed E-state index contributed by atoms with van der Waals surface area (Å²) in [6, 6.07) is -0.0494. The molecule has 0 aromatic heterocycles. The van der Waals surface area contributed by atoms with Gasteiger partial charge in [-0.2, -0.15) is 11.8 Å². The highest BCUT2D eigenvalue weighted by Crippen LogP contribution is 2.15. The van der Waals surface area contributed by atoms with Crippen molar-refractivity contribution in [3.63, 3.8) is 0 Å². The number of hydrogen-bond acceptors (Lipinski definition) is 3. The van der Waals surface area contributed by atoms with Gasteiger partial charge in [-0.05, 0) is 30.4 Å². The predicted octanol–water partition coefficient (Wildman–Crippen LogP) is 2.27. The number of carboxylic acid groups (broad SMARTS) is 1. The van der Waals surface area contributed by atoms with Crippen molar-refractivity contribution in [2.75, 3.05) is 31.1 Å². The highest BCUT2D eigenvalue weighted by molar-refractivity contribution is 7.99. The lowest BCUT2D eigenvalue weighted by atomic mass is 9.94. The van der Waals surface area contributed by atoms with Crippen LogP contribution in [0.3, 0.4) is 0 Å². The minimum atomic E-state index is -0.795. The number of carbonyl (C=O) groups is 2. The summed E-state index contributed by atoms with van der Waals surface area (Å²) in [7, 11) is 0. The molecule has 2 N–H and O–H groups in total. The molecule has 0 radical (unpaired) electrons. The van der Waals surface area contributed by atoms with Crippen LogP contribution < -0.4 is 5.32 Å². The molecule has 1 aliphatic rings. The van der Waals surface area contributed by atoms with Crippen molar-refractivity contribution in [3.05, 3.63) is 0 Å². The summed E-state index contributed by atoms with van der Waals surface area (Å²) < 4.78 is 0. The number of rotatable bonds is 6. The van der Waals surface area contributed by atoms with Gasteiger partial charge in [-0.15, -0.1) is 0 Å². The lowest BCUT2D eigenvalue weighted by Crippen LogP contribution is -2.43. The van der Waals surface area contributed by atoms with E-state index in [-0.39, 0.29) is 18.4 Å². The molecule has 1 atom stereocenters. The zero-order valence-electron chi connectivity index (χ0n) is 12.4. The van der Waals surface area contributed by atoms with Crippen LogP contribution in [0.2, 0.25) is 0 Å². The fourth-order valence-electron chi connectivity index (χ4n) is 2.45. The first-order valence-corrected chi connectivity index (χ1v) is 8.46. The number of carboxylic acids is 1. The monoisotopic (exact) mass is 302 g/mol. The molecule has 0 aromatic carbocycles. The Morgan fingerprint density at radius 2 is 2.05 bits per heavy atom. The van der Waals surface area contributed by atoms with Gasteiger partial charge in [0.05, 0.1) is 0 Å². The van der Waals surface area contributed by atoms with Crippen LogP contribution in [-0.2, 0) is 4.79 Å². The molecule has 0 unspecified atom stereocenters. The molecular weight excluding hydrogens is 276 g/mol. The van der Waals surface area contributed by atoms with Gasteiger partial charge in [0, 0.05) is 31.8 Å². The van der Waals surface area contributed by atoms with Crippen LogP contribution in [0.25, 0.3) is 0 Å². The van der Waals surface area contributed by atoms with Gasteiger partial charge in [0.2, 0.25) is 0 Å². The Kier molecular flexibility index (Phi) is 7.80. The average molecular weight is 302 g/mol.